The molecule has 0 aliphatic heterocycles. The molecule has 1 nitrogen and oxygen atoms in total. The first kappa shape index (κ1) is 14.7. The van der Waals surface area contributed by atoms with E-state index in [2.05, 4.69) is 34.6 Å². The zero-order valence-electron chi connectivity index (χ0n) is 12.5. The molecule has 0 heterocycles. The van der Waals surface area contributed by atoms with Crippen LogP contribution in [-0.4, -0.2) is 5.78 Å². The smallest absolute Gasteiger partial charge is 0.130 e. The van der Waals surface area contributed by atoms with Gasteiger partial charge in [-0.1, -0.05) is 47.5 Å². The summed E-state index contributed by atoms with van der Waals surface area (Å²) in [4.78, 5) is 11.5. The Balaban J connectivity index is 2.92. The molecule has 1 fully saturated rings. The fraction of sp³-hybridized carbons (Fsp3) is 0.938. The monoisotopic (exact) mass is 238 g/mol. The lowest BCUT2D eigenvalue weighted by Crippen LogP contribution is -2.43. The summed E-state index contributed by atoms with van der Waals surface area (Å²) in [7, 11) is 0. The Morgan fingerprint density at radius 1 is 1.29 bits per heavy atom. The highest BCUT2D eigenvalue weighted by Gasteiger charge is 2.44. The van der Waals surface area contributed by atoms with Gasteiger partial charge in [0.15, 0.2) is 0 Å². The summed E-state index contributed by atoms with van der Waals surface area (Å²) in [6.45, 7) is 13.6. The van der Waals surface area contributed by atoms with E-state index in [4.69, 9.17) is 0 Å². The van der Waals surface area contributed by atoms with Gasteiger partial charge in [-0.25, -0.2) is 0 Å². The number of carbonyl (C=O) groups excluding carboxylic acids is 1. The molecule has 0 radical (unpaired) electrons. The van der Waals surface area contributed by atoms with Gasteiger partial charge in [0.05, 0.1) is 0 Å². The summed E-state index contributed by atoms with van der Waals surface area (Å²) < 4.78 is 0. The molecule has 100 valence electrons. The van der Waals surface area contributed by atoms with Crippen molar-refractivity contribution in [2.24, 2.45) is 29.1 Å². The van der Waals surface area contributed by atoms with Crippen molar-refractivity contribution in [2.75, 3.05) is 0 Å². The molecule has 0 aromatic carbocycles. The highest BCUT2D eigenvalue weighted by atomic mass is 16.1. The first-order chi connectivity index (χ1) is 7.80. The molecule has 0 amide bonds. The highest BCUT2D eigenvalue weighted by molar-refractivity contribution is 5.75. The first-order valence-corrected chi connectivity index (χ1v) is 7.30. The molecule has 0 saturated heterocycles. The molecule has 1 aliphatic rings. The number of rotatable bonds is 4. The van der Waals surface area contributed by atoms with Crippen LogP contribution >= 0.6 is 0 Å². The van der Waals surface area contributed by atoms with Crippen molar-refractivity contribution >= 4 is 5.78 Å². The van der Waals surface area contributed by atoms with Crippen LogP contribution in [0.3, 0.4) is 0 Å². The van der Waals surface area contributed by atoms with E-state index < -0.39 is 0 Å². The Hall–Kier alpha value is -0.330. The van der Waals surface area contributed by atoms with Gasteiger partial charge < -0.3 is 4.79 Å². The Bertz CT molecular complexity index is 267. The molecule has 17 heavy (non-hydrogen) atoms. The van der Waals surface area contributed by atoms with Gasteiger partial charge in [-0.3, -0.25) is 0 Å². The normalized spacial score (nSPS) is 34.4. The Labute approximate surface area is 107 Å². The first-order valence-electron chi connectivity index (χ1n) is 7.30. The summed E-state index contributed by atoms with van der Waals surface area (Å²) in [5, 5.41) is 0. The fourth-order valence-corrected chi connectivity index (χ4v) is 4.09. The van der Waals surface area contributed by atoms with Crippen molar-refractivity contribution in [3.63, 3.8) is 0 Å². The van der Waals surface area contributed by atoms with Gasteiger partial charge in [-0.05, 0) is 42.4 Å². The number of Topliss-reactive ketones (excluding diaryl/α,β-unsaturated/α-hetero) is 1. The SMILES string of the molecule is CCC(CC(C)=O)C1C(C)CCC(C)C1(C)C. The van der Waals surface area contributed by atoms with Gasteiger partial charge in [0.1, 0.15) is 5.78 Å². The fourth-order valence-electron chi connectivity index (χ4n) is 4.09. The molecule has 4 atom stereocenters. The van der Waals surface area contributed by atoms with Gasteiger partial charge in [-0.2, -0.15) is 0 Å². The molecule has 0 aromatic rings. The molecule has 1 saturated carbocycles. The Kier molecular flexibility index (Phi) is 4.80. The minimum Gasteiger partial charge on any atom is -0.300 e. The Morgan fingerprint density at radius 2 is 1.88 bits per heavy atom. The lowest BCUT2D eigenvalue weighted by Gasteiger charge is -2.50. The number of hydrogen-bond donors (Lipinski definition) is 0. The third-order valence-corrected chi connectivity index (χ3v) is 5.38. The van der Waals surface area contributed by atoms with Gasteiger partial charge in [0.25, 0.3) is 0 Å². The average molecular weight is 238 g/mol. The van der Waals surface area contributed by atoms with Crippen LogP contribution in [0, 0.1) is 29.1 Å². The molecule has 0 N–H and O–H groups in total. The van der Waals surface area contributed by atoms with Crippen molar-refractivity contribution in [3.8, 4) is 0 Å². The summed E-state index contributed by atoms with van der Waals surface area (Å²) >= 11 is 0. The molecule has 4 unspecified atom stereocenters. The molecule has 1 aliphatic carbocycles. The summed E-state index contributed by atoms with van der Waals surface area (Å²) in [6, 6.07) is 0. The van der Waals surface area contributed by atoms with E-state index in [1.807, 2.05) is 0 Å². The summed E-state index contributed by atoms with van der Waals surface area (Å²) in [5.74, 6) is 3.20. The summed E-state index contributed by atoms with van der Waals surface area (Å²) in [5.41, 5.74) is 0.383. The third kappa shape index (κ3) is 3.11. The third-order valence-electron chi connectivity index (χ3n) is 5.38. The predicted octanol–water partition coefficient (Wildman–Crippen LogP) is 4.70. The molecule has 0 bridgehead atoms. The minimum absolute atomic E-state index is 0.359. The zero-order chi connectivity index (χ0) is 13.2. The van der Waals surface area contributed by atoms with Crippen LogP contribution in [0.4, 0.5) is 0 Å². The predicted molar refractivity (Wildman–Crippen MR) is 73.9 cm³/mol. The van der Waals surface area contributed by atoms with Gasteiger partial charge >= 0.3 is 0 Å². The van der Waals surface area contributed by atoms with Gasteiger partial charge in [0, 0.05) is 6.42 Å². The van der Waals surface area contributed by atoms with Crippen LogP contribution in [-0.2, 0) is 4.79 Å². The van der Waals surface area contributed by atoms with E-state index in [1.54, 1.807) is 6.92 Å². The van der Waals surface area contributed by atoms with Crippen molar-refractivity contribution in [3.05, 3.63) is 0 Å². The van der Waals surface area contributed by atoms with Gasteiger partial charge in [-0.15, -0.1) is 0 Å². The van der Waals surface area contributed by atoms with Crippen molar-refractivity contribution < 1.29 is 4.79 Å². The molecular formula is C16H30O. The van der Waals surface area contributed by atoms with E-state index >= 15 is 0 Å². The standard InChI is InChI=1S/C16H30O/c1-7-14(10-13(4)17)15-11(2)8-9-12(3)16(15,5)6/h11-12,14-15H,7-10H2,1-6H3. The maximum atomic E-state index is 11.5. The van der Waals surface area contributed by atoms with Crippen LogP contribution in [0.15, 0.2) is 0 Å². The number of ketones is 1. The Morgan fingerprint density at radius 3 is 2.35 bits per heavy atom. The summed E-state index contributed by atoms with van der Waals surface area (Å²) in [6.07, 6.45) is 4.61. The van der Waals surface area contributed by atoms with Crippen LogP contribution in [0.2, 0.25) is 0 Å². The molecule has 1 heteroatoms. The topological polar surface area (TPSA) is 17.1 Å². The van der Waals surface area contributed by atoms with E-state index in [0.29, 0.717) is 23.0 Å². The van der Waals surface area contributed by atoms with E-state index in [-0.39, 0.29) is 0 Å². The van der Waals surface area contributed by atoms with Gasteiger partial charge in [0.2, 0.25) is 0 Å². The lowest BCUT2D eigenvalue weighted by molar-refractivity contribution is -0.119. The maximum absolute atomic E-state index is 11.5. The maximum Gasteiger partial charge on any atom is 0.130 e. The van der Waals surface area contributed by atoms with Crippen molar-refractivity contribution in [1.29, 1.82) is 0 Å². The van der Waals surface area contributed by atoms with Crippen molar-refractivity contribution in [2.45, 2.75) is 67.2 Å². The molecular weight excluding hydrogens is 208 g/mol. The van der Waals surface area contributed by atoms with Crippen LogP contribution in [0.25, 0.3) is 0 Å². The number of carbonyl (C=O) groups is 1. The van der Waals surface area contributed by atoms with E-state index in [1.165, 1.54) is 12.8 Å². The second kappa shape index (κ2) is 5.54. The molecule has 0 aromatic heterocycles. The second-order valence-electron chi connectivity index (χ2n) is 6.88. The second-order valence-corrected chi connectivity index (χ2v) is 6.88. The van der Waals surface area contributed by atoms with Crippen LogP contribution in [0.5, 0.6) is 0 Å². The highest BCUT2D eigenvalue weighted by Crippen LogP contribution is 2.52. The van der Waals surface area contributed by atoms with E-state index in [9.17, 15) is 4.79 Å². The zero-order valence-corrected chi connectivity index (χ0v) is 12.5. The molecule has 1 rings (SSSR count). The average Bonchev–Trinajstić information content (AvgIpc) is 2.22. The van der Waals surface area contributed by atoms with Crippen LogP contribution in [0.1, 0.15) is 67.2 Å². The van der Waals surface area contributed by atoms with Crippen molar-refractivity contribution in [1.82, 2.24) is 0 Å². The quantitative estimate of drug-likeness (QED) is 0.694. The van der Waals surface area contributed by atoms with E-state index in [0.717, 1.165) is 24.7 Å². The van der Waals surface area contributed by atoms with Crippen LogP contribution < -0.4 is 0 Å². The molecule has 0 spiro atoms. The largest absolute Gasteiger partial charge is 0.300 e. The lowest BCUT2D eigenvalue weighted by atomic mass is 9.54. The minimum atomic E-state index is 0.359. The number of hydrogen-bond acceptors (Lipinski definition) is 1.